The number of carbonyl (C=O) groups is 1. The van der Waals surface area contributed by atoms with Crippen LogP contribution in [0, 0.1) is 0 Å². The zero-order valence-electron chi connectivity index (χ0n) is 11.8. The number of amides is 1. The Morgan fingerprint density at radius 1 is 1.09 bits per heavy atom. The third-order valence-corrected chi connectivity index (χ3v) is 3.36. The van der Waals surface area contributed by atoms with E-state index in [0.29, 0.717) is 11.5 Å². The molecule has 0 fully saturated rings. The lowest BCUT2D eigenvalue weighted by Gasteiger charge is -2.03. The number of carbonyl (C=O) groups excluding carboxylic acids is 1. The number of para-hydroxylation sites is 2. The molecule has 0 unspecified atom stereocenters. The molecule has 0 saturated carbocycles. The molecule has 2 N–H and O–H groups in total. The zero-order valence-corrected chi connectivity index (χ0v) is 11.8. The second-order valence-electron chi connectivity index (χ2n) is 4.86. The Bertz CT molecular complexity index is 924. The van der Waals surface area contributed by atoms with Crippen LogP contribution in [0.25, 0.3) is 16.7 Å². The summed E-state index contributed by atoms with van der Waals surface area (Å²) in [4.78, 5) is 19.6. The van der Waals surface area contributed by atoms with Crippen LogP contribution in [0.1, 0.15) is 10.4 Å². The van der Waals surface area contributed by atoms with Crippen LogP contribution in [0.2, 0.25) is 0 Å². The minimum atomic E-state index is -0.243. The molecule has 4 aromatic rings. The Kier molecular flexibility index (Phi) is 3.05. The van der Waals surface area contributed by atoms with Crippen molar-refractivity contribution in [2.45, 2.75) is 0 Å². The lowest BCUT2D eigenvalue weighted by atomic mass is 10.2. The third kappa shape index (κ3) is 2.53. The summed E-state index contributed by atoms with van der Waals surface area (Å²) < 4.78 is 1.51. The van der Waals surface area contributed by atoms with Gasteiger partial charge >= 0.3 is 0 Å². The zero-order chi connectivity index (χ0) is 15.6. The van der Waals surface area contributed by atoms with Crippen molar-refractivity contribution in [2.75, 3.05) is 5.32 Å². The van der Waals surface area contributed by atoms with Crippen LogP contribution >= 0.6 is 0 Å². The van der Waals surface area contributed by atoms with E-state index in [9.17, 15) is 4.79 Å². The summed E-state index contributed by atoms with van der Waals surface area (Å²) in [5.74, 6) is 0.174. The molecule has 4 rings (SSSR count). The Morgan fingerprint density at radius 3 is 2.65 bits per heavy atom. The van der Waals surface area contributed by atoms with Gasteiger partial charge < -0.3 is 4.98 Å². The molecular formula is C15H11N7O. The molecule has 0 radical (unpaired) electrons. The number of fused-ring (bicyclic) bond motifs is 1. The fraction of sp³-hybridized carbons (Fsp3) is 0. The van der Waals surface area contributed by atoms with Gasteiger partial charge in [-0.1, -0.05) is 12.1 Å². The first-order valence-corrected chi connectivity index (χ1v) is 6.89. The van der Waals surface area contributed by atoms with Crippen LogP contribution in [0.3, 0.4) is 0 Å². The van der Waals surface area contributed by atoms with Gasteiger partial charge in [-0.3, -0.25) is 10.1 Å². The second-order valence-corrected chi connectivity index (χ2v) is 4.86. The largest absolute Gasteiger partial charge is 0.324 e. The maximum atomic E-state index is 12.3. The molecule has 0 aliphatic heterocycles. The van der Waals surface area contributed by atoms with Gasteiger partial charge in [0.1, 0.15) is 6.33 Å². The fourth-order valence-corrected chi connectivity index (χ4v) is 2.24. The number of hydrogen-bond acceptors (Lipinski definition) is 5. The van der Waals surface area contributed by atoms with Gasteiger partial charge in [0.25, 0.3) is 5.91 Å². The molecule has 112 valence electrons. The molecule has 0 aliphatic rings. The van der Waals surface area contributed by atoms with Crippen molar-refractivity contribution < 1.29 is 4.79 Å². The topological polar surface area (TPSA) is 101 Å². The summed E-state index contributed by atoms with van der Waals surface area (Å²) in [6.07, 6.45) is 1.49. The van der Waals surface area contributed by atoms with Crippen molar-refractivity contribution in [3.05, 3.63) is 60.4 Å². The Hall–Kier alpha value is -3.55. The molecule has 0 saturated heterocycles. The molecule has 0 bridgehead atoms. The van der Waals surface area contributed by atoms with Crippen LogP contribution in [-0.2, 0) is 0 Å². The van der Waals surface area contributed by atoms with Gasteiger partial charge in [0.05, 0.1) is 16.7 Å². The van der Waals surface area contributed by atoms with E-state index in [1.54, 1.807) is 24.3 Å². The third-order valence-electron chi connectivity index (χ3n) is 3.36. The molecule has 0 aliphatic carbocycles. The average Bonchev–Trinajstić information content (AvgIpc) is 3.24. The van der Waals surface area contributed by atoms with Gasteiger partial charge in [0, 0.05) is 5.56 Å². The SMILES string of the molecule is O=C(Nc1nc2ccccc2[nH]1)c1ccc(-n2cnnn2)cc1. The maximum absolute atomic E-state index is 12.3. The standard InChI is InChI=1S/C15H11N7O/c23-14(19-15-17-12-3-1-2-4-13(12)18-15)10-5-7-11(8-6-10)22-9-16-20-21-22/h1-9H,(H2,17,18,19,23). The summed E-state index contributed by atoms with van der Waals surface area (Å²) >= 11 is 0. The Morgan fingerprint density at radius 2 is 1.91 bits per heavy atom. The van der Waals surface area contributed by atoms with E-state index in [0.717, 1.165) is 16.7 Å². The van der Waals surface area contributed by atoms with E-state index in [4.69, 9.17) is 0 Å². The molecule has 8 nitrogen and oxygen atoms in total. The van der Waals surface area contributed by atoms with Gasteiger partial charge in [0.2, 0.25) is 5.95 Å². The van der Waals surface area contributed by atoms with E-state index in [1.807, 2.05) is 24.3 Å². The fourth-order valence-electron chi connectivity index (χ4n) is 2.24. The summed E-state index contributed by atoms with van der Waals surface area (Å²) in [6.45, 7) is 0. The van der Waals surface area contributed by atoms with Crippen LogP contribution in [-0.4, -0.2) is 36.1 Å². The number of nitrogens with zero attached hydrogens (tertiary/aromatic N) is 5. The number of anilines is 1. The van der Waals surface area contributed by atoms with Crippen molar-refractivity contribution in [2.24, 2.45) is 0 Å². The van der Waals surface area contributed by atoms with E-state index in [2.05, 4.69) is 30.8 Å². The number of benzene rings is 2. The summed E-state index contributed by atoms with van der Waals surface area (Å²) in [5.41, 5.74) is 2.96. The van der Waals surface area contributed by atoms with Crippen molar-refractivity contribution in [1.82, 2.24) is 30.2 Å². The van der Waals surface area contributed by atoms with Crippen LogP contribution in [0.15, 0.2) is 54.9 Å². The first-order chi connectivity index (χ1) is 11.3. The number of imidazole rings is 1. The first-order valence-electron chi connectivity index (χ1n) is 6.89. The van der Waals surface area contributed by atoms with Crippen LogP contribution in [0.4, 0.5) is 5.95 Å². The molecule has 2 aromatic carbocycles. The van der Waals surface area contributed by atoms with E-state index in [-0.39, 0.29) is 5.91 Å². The predicted molar refractivity (Wildman–Crippen MR) is 83.2 cm³/mol. The summed E-state index contributed by atoms with van der Waals surface area (Å²) in [6, 6.07) is 14.5. The van der Waals surface area contributed by atoms with Crippen molar-refractivity contribution in [3.8, 4) is 5.69 Å². The number of aromatic nitrogens is 6. The van der Waals surface area contributed by atoms with E-state index in [1.165, 1.54) is 11.0 Å². The van der Waals surface area contributed by atoms with Crippen molar-refractivity contribution in [3.63, 3.8) is 0 Å². The number of nitrogens with one attached hydrogen (secondary N) is 2. The smallest absolute Gasteiger partial charge is 0.257 e. The van der Waals surface area contributed by atoms with Gasteiger partial charge in [0.15, 0.2) is 0 Å². The van der Waals surface area contributed by atoms with Crippen LogP contribution < -0.4 is 5.32 Å². The summed E-state index contributed by atoms with van der Waals surface area (Å²) in [7, 11) is 0. The number of H-pyrrole nitrogens is 1. The minimum Gasteiger partial charge on any atom is -0.324 e. The predicted octanol–water partition coefficient (Wildman–Crippen LogP) is 1.79. The van der Waals surface area contributed by atoms with Crippen molar-refractivity contribution in [1.29, 1.82) is 0 Å². The van der Waals surface area contributed by atoms with Crippen LogP contribution in [0.5, 0.6) is 0 Å². The minimum absolute atomic E-state index is 0.243. The van der Waals surface area contributed by atoms with Gasteiger partial charge in [-0.2, -0.15) is 0 Å². The van der Waals surface area contributed by atoms with Gasteiger partial charge in [-0.25, -0.2) is 9.67 Å². The van der Waals surface area contributed by atoms with E-state index < -0.39 is 0 Å². The molecular weight excluding hydrogens is 294 g/mol. The Labute approximate surface area is 130 Å². The summed E-state index contributed by atoms with van der Waals surface area (Å²) in [5, 5.41) is 13.7. The number of aromatic amines is 1. The molecule has 2 aromatic heterocycles. The Balaban J connectivity index is 1.54. The number of rotatable bonds is 3. The second kappa shape index (κ2) is 5.34. The normalized spacial score (nSPS) is 10.8. The molecule has 23 heavy (non-hydrogen) atoms. The van der Waals surface area contributed by atoms with Gasteiger partial charge in [-0.15, -0.1) is 5.10 Å². The highest BCUT2D eigenvalue weighted by Gasteiger charge is 2.09. The number of hydrogen-bond donors (Lipinski definition) is 2. The highest BCUT2D eigenvalue weighted by atomic mass is 16.1. The molecule has 1 amide bonds. The highest BCUT2D eigenvalue weighted by molar-refractivity contribution is 6.04. The molecule has 2 heterocycles. The van der Waals surface area contributed by atoms with Crippen molar-refractivity contribution >= 4 is 22.9 Å². The lowest BCUT2D eigenvalue weighted by molar-refractivity contribution is 0.102. The molecule has 0 atom stereocenters. The molecule has 0 spiro atoms. The van der Waals surface area contributed by atoms with E-state index >= 15 is 0 Å². The lowest BCUT2D eigenvalue weighted by Crippen LogP contribution is -2.13. The number of tetrazole rings is 1. The first kappa shape index (κ1) is 13.1. The maximum Gasteiger partial charge on any atom is 0.257 e. The monoisotopic (exact) mass is 305 g/mol. The average molecular weight is 305 g/mol. The highest BCUT2D eigenvalue weighted by Crippen LogP contribution is 2.14. The van der Waals surface area contributed by atoms with Gasteiger partial charge in [-0.05, 0) is 46.8 Å². The quantitative estimate of drug-likeness (QED) is 0.601. The molecule has 8 heteroatoms.